The molecule has 0 bridgehead atoms. The molecular weight excluding hydrogens is 284 g/mol. The van der Waals surface area contributed by atoms with Gasteiger partial charge in [-0.25, -0.2) is 4.79 Å². The summed E-state index contributed by atoms with van der Waals surface area (Å²) in [7, 11) is 0. The van der Waals surface area contributed by atoms with Crippen molar-refractivity contribution in [3.05, 3.63) is 54.1 Å². The first-order valence-electron chi connectivity index (χ1n) is 6.42. The number of anilines is 2. The number of ketones is 1. The zero-order valence-corrected chi connectivity index (χ0v) is 12.7. The molecule has 0 aliphatic rings. The lowest BCUT2D eigenvalue weighted by Crippen LogP contribution is -2.19. The highest BCUT2D eigenvalue weighted by Crippen LogP contribution is 2.24. The summed E-state index contributed by atoms with van der Waals surface area (Å²) in [6, 6.07) is 14.1. The van der Waals surface area contributed by atoms with Gasteiger partial charge in [-0.15, -0.1) is 11.8 Å². The van der Waals surface area contributed by atoms with Crippen molar-refractivity contribution in [1.29, 1.82) is 0 Å². The molecule has 0 aliphatic heterocycles. The zero-order chi connectivity index (χ0) is 15.2. The molecule has 2 aromatic rings. The summed E-state index contributed by atoms with van der Waals surface area (Å²) in [5.74, 6) is -0.0000931. The normalized spacial score (nSPS) is 10.0. The Morgan fingerprint density at radius 2 is 1.62 bits per heavy atom. The van der Waals surface area contributed by atoms with E-state index in [0.29, 0.717) is 11.3 Å². The molecule has 0 radical (unpaired) electrons. The number of nitrogens with one attached hydrogen (secondary N) is 2. The predicted molar refractivity (Wildman–Crippen MR) is 87.3 cm³/mol. The van der Waals surface area contributed by atoms with Crippen molar-refractivity contribution in [2.45, 2.75) is 11.8 Å². The number of carbonyl (C=O) groups is 2. The van der Waals surface area contributed by atoms with Crippen LogP contribution in [0, 0.1) is 0 Å². The standard InChI is InChI=1S/C16H16N2O2S/c1-11(19)12-7-9-13(10-8-12)17-16(20)18-14-5-3-4-6-15(14)21-2/h3-10H,1-2H3,(H2,17,18,20). The number of rotatable bonds is 4. The van der Waals surface area contributed by atoms with Gasteiger partial charge < -0.3 is 10.6 Å². The molecule has 108 valence electrons. The Bertz CT molecular complexity index is 654. The highest BCUT2D eigenvalue weighted by atomic mass is 32.2. The summed E-state index contributed by atoms with van der Waals surface area (Å²) < 4.78 is 0. The van der Waals surface area contributed by atoms with Gasteiger partial charge in [0.1, 0.15) is 0 Å². The minimum atomic E-state index is -0.313. The molecule has 2 rings (SSSR count). The Kier molecular flexibility index (Phi) is 5.00. The van der Waals surface area contributed by atoms with Crippen LogP contribution < -0.4 is 10.6 Å². The number of thioether (sulfide) groups is 1. The van der Waals surface area contributed by atoms with Gasteiger partial charge in [-0.1, -0.05) is 12.1 Å². The maximum atomic E-state index is 12.0. The third-order valence-electron chi connectivity index (χ3n) is 2.90. The van der Waals surface area contributed by atoms with Gasteiger partial charge in [0, 0.05) is 16.1 Å². The van der Waals surface area contributed by atoms with Gasteiger partial charge in [0.2, 0.25) is 0 Å². The number of hydrogen-bond acceptors (Lipinski definition) is 3. The monoisotopic (exact) mass is 300 g/mol. The Morgan fingerprint density at radius 3 is 2.24 bits per heavy atom. The molecule has 0 aromatic heterocycles. The first kappa shape index (κ1) is 15.1. The summed E-state index contributed by atoms with van der Waals surface area (Å²) >= 11 is 1.57. The van der Waals surface area contributed by atoms with Crippen molar-refractivity contribution < 1.29 is 9.59 Å². The number of hydrogen-bond donors (Lipinski definition) is 2. The molecule has 2 amide bonds. The minimum absolute atomic E-state index is 0.0000931. The lowest BCUT2D eigenvalue weighted by molar-refractivity contribution is 0.101. The van der Waals surface area contributed by atoms with Gasteiger partial charge in [-0.3, -0.25) is 4.79 Å². The molecule has 0 atom stereocenters. The summed E-state index contributed by atoms with van der Waals surface area (Å²) in [5, 5.41) is 5.55. The number of benzene rings is 2. The van der Waals surface area contributed by atoms with E-state index in [1.807, 2.05) is 30.5 Å². The smallest absolute Gasteiger partial charge is 0.308 e. The van der Waals surface area contributed by atoms with Crippen molar-refractivity contribution in [2.75, 3.05) is 16.9 Å². The predicted octanol–water partition coefficient (Wildman–Crippen LogP) is 4.26. The van der Waals surface area contributed by atoms with Crippen LogP contribution in [-0.4, -0.2) is 18.1 Å². The Balaban J connectivity index is 2.03. The Hall–Kier alpha value is -2.27. The molecule has 0 fully saturated rings. The minimum Gasteiger partial charge on any atom is -0.308 e. The number of urea groups is 1. The van der Waals surface area contributed by atoms with Gasteiger partial charge >= 0.3 is 6.03 Å². The lowest BCUT2D eigenvalue weighted by atomic mass is 10.1. The number of carbonyl (C=O) groups excluding carboxylic acids is 2. The van der Waals surface area contributed by atoms with Crippen molar-refractivity contribution >= 4 is 35.0 Å². The first-order valence-corrected chi connectivity index (χ1v) is 7.64. The van der Waals surface area contributed by atoms with Crippen LogP contribution in [0.15, 0.2) is 53.4 Å². The fraction of sp³-hybridized carbons (Fsp3) is 0.125. The van der Waals surface area contributed by atoms with E-state index in [1.54, 1.807) is 36.0 Å². The summed E-state index contributed by atoms with van der Waals surface area (Å²) in [4.78, 5) is 24.2. The maximum absolute atomic E-state index is 12.0. The van der Waals surface area contributed by atoms with E-state index in [9.17, 15) is 9.59 Å². The molecule has 0 aliphatic carbocycles. The van der Waals surface area contributed by atoms with E-state index in [4.69, 9.17) is 0 Å². The van der Waals surface area contributed by atoms with E-state index in [1.165, 1.54) is 6.92 Å². The quantitative estimate of drug-likeness (QED) is 0.655. The number of Topliss-reactive ketones (excluding diaryl/α,β-unsaturated/α-hetero) is 1. The third-order valence-corrected chi connectivity index (χ3v) is 3.70. The van der Waals surface area contributed by atoms with Crippen LogP contribution in [0.2, 0.25) is 0 Å². The first-order chi connectivity index (χ1) is 10.1. The SMILES string of the molecule is CSc1ccccc1NC(=O)Nc1ccc(C(C)=O)cc1. The van der Waals surface area contributed by atoms with E-state index >= 15 is 0 Å². The average Bonchev–Trinajstić information content (AvgIpc) is 2.48. The molecule has 5 heteroatoms. The number of para-hydroxylation sites is 1. The number of amides is 2. The molecule has 4 nitrogen and oxygen atoms in total. The molecule has 0 spiro atoms. The molecular formula is C16H16N2O2S. The molecule has 2 N–H and O–H groups in total. The van der Waals surface area contributed by atoms with Crippen LogP contribution >= 0.6 is 11.8 Å². The van der Waals surface area contributed by atoms with Crippen molar-refractivity contribution in [1.82, 2.24) is 0 Å². The maximum Gasteiger partial charge on any atom is 0.323 e. The van der Waals surface area contributed by atoms with E-state index in [0.717, 1.165) is 10.6 Å². The summed E-state index contributed by atoms with van der Waals surface area (Å²) in [6.07, 6.45) is 1.96. The second kappa shape index (κ2) is 6.95. The highest BCUT2D eigenvalue weighted by molar-refractivity contribution is 7.98. The van der Waals surface area contributed by atoms with Gasteiger partial charge in [-0.05, 0) is 49.6 Å². The average molecular weight is 300 g/mol. The van der Waals surface area contributed by atoms with Gasteiger partial charge in [0.15, 0.2) is 5.78 Å². The largest absolute Gasteiger partial charge is 0.323 e. The van der Waals surface area contributed by atoms with Gasteiger partial charge in [0.25, 0.3) is 0 Å². The molecule has 21 heavy (non-hydrogen) atoms. The van der Waals surface area contributed by atoms with Gasteiger partial charge in [-0.2, -0.15) is 0 Å². The molecule has 2 aromatic carbocycles. The van der Waals surface area contributed by atoms with Crippen LogP contribution in [0.4, 0.5) is 16.2 Å². The van der Waals surface area contributed by atoms with Gasteiger partial charge in [0.05, 0.1) is 5.69 Å². The van der Waals surface area contributed by atoms with Crippen LogP contribution in [0.3, 0.4) is 0 Å². The van der Waals surface area contributed by atoms with E-state index < -0.39 is 0 Å². The molecule has 0 saturated carbocycles. The van der Waals surface area contributed by atoms with Crippen molar-refractivity contribution in [2.24, 2.45) is 0 Å². The zero-order valence-electron chi connectivity index (χ0n) is 11.8. The second-order valence-corrected chi connectivity index (χ2v) is 5.26. The highest BCUT2D eigenvalue weighted by Gasteiger charge is 2.06. The fourth-order valence-electron chi connectivity index (χ4n) is 1.82. The Morgan fingerprint density at radius 1 is 0.952 bits per heavy atom. The van der Waals surface area contributed by atoms with Crippen LogP contribution in [0.1, 0.15) is 17.3 Å². The topological polar surface area (TPSA) is 58.2 Å². The molecule has 0 heterocycles. The van der Waals surface area contributed by atoms with Crippen LogP contribution in [0.5, 0.6) is 0 Å². The second-order valence-electron chi connectivity index (χ2n) is 4.41. The van der Waals surface area contributed by atoms with E-state index in [-0.39, 0.29) is 11.8 Å². The third kappa shape index (κ3) is 4.10. The van der Waals surface area contributed by atoms with Crippen molar-refractivity contribution in [3.8, 4) is 0 Å². The van der Waals surface area contributed by atoms with Crippen LogP contribution in [-0.2, 0) is 0 Å². The summed E-state index contributed by atoms with van der Waals surface area (Å²) in [6.45, 7) is 1.51. The fourth-order valence-corrected chi connectivity index (χ4v) is 2.37. The van der Waals surface area contributed by atoms with Crippen molar-refractivity contribution in [3.63, 3.8) is 0 Å². The lowest BCUT2D eigenvalue weighted by Gasteiger charge is -2.10. The van der Waals surface area contributed by atoms with Crippen LogP contribution in [0.25, 0.3) is 0 Å². The summed E-state index contributed by atoms with van der Waals surface area (Å²) in [5.41, 5.74) is 2.02. The molecule has 0 saturated heterocycles. The van der Waals surface area contributed by atoms with E-state index in [2.05, 4.69) is 10.6 Å². The molecule has 0 unspecified atom stereocenters. The Labute approximate surface area is 127 Å².